The van der Waals surface area contributed by atoms with Gasteiger partial charge in [-0.05, 0) is 12.1 Å². The van der Waals surface area contributed by atoms with Crippen molar-refractivity contribution in [3.63, 3.8) is 0 Å². The molecule has 0 radical (unpaired) electrons. The van der Waals surface area contributed by atoms with Crippen LogP contribution in [0.15, 0.2) is 30.6 Å². The minimum atomic E-state index is -4.48. The molecule has 4 nitrogen and oxygen atoms in total. The van der Waals surface area contributed by atoms with Crippen molar-refractivity contribution in [3.8, 4) is 11.8 Å². The summed E-state index contributed by atoms with van der Waals surface area (Å²) < 4.78 is 38.3. The van der Waals surface area contributed by atoms with Gasteiger partial charge in [0, 0.05) is 6.20 Å². The molecule has 1 heterocycles. The maximum Gasteiger partial charge on any atom is 0.419 e. The Morgan fingerprint density at radius 1 is 1.33 bits per heavy atom. The predicted molar refractivity (Wildman–Crippen MR) is 57.7 cm³/mol. The quantitative estimate of drug-likeness (QED) is 0.792. The third kappa shape index (κ3) is 2.00. The SMILES string of the molecule is N#Cc1cccc(N)c1-n1cc(C(F)(F)F)cn1. The zero-order valence-corrected chi connectivity index (χ0v) is 8.94. The van der Waals surface area contributed by atoms with E-state index in [0.717, 1.165) is 10.9 Å². The van der Waals surface area contributed by atoms with Crippen molar-refractivity contribution in [2.75, 3.05) is 5.73 Å². The molecule has 2 rings (SSSR count). The number of anilines is 1. The molecule has 1 aromatic carbocycles. The summed E-state index contributed by atoms with van der Waals surface area (Å²) >= 11 is 0. The zero-order valence-electron chi connectivity index (χ0n) is 8.94. The third-order valence-corrected chi connectivity index (χ3v) is 2.33. The topological polar surface area (TPSA) is 67.6 Å². The molecule has 1 aromatic heterocycles. The van der Waals surface area contributed by atoms with E-state index in [-0.39, 0.29) is 16.9 Å². The van der Waals surface area contributed by atoms with Crippen molar-refractivity contribution in [2.45, 2.75) is 6.18 Å². The first-order valence-electron chi connectivity index (χ1n) is 4.84. The van der Waals surface area contributed by atoms with Crippen LogP contribution in [-0.4, -0.2) is 9.78 Å². The zero-order chi connectivity index (χ0) is 13.3. The molecule has 0 saturated carbocycles. The molecule has 2 aromatic rings. The highest BCUT2D eigenvalue weighted by atomic mass is 19.4. The van der Waals surface area contributed by atoms with Crippen molar-refractivity contribution < 1.29 is 13.2 Å². The van der Waals surface area contributed by atoms with Crippen molar-refractivity contribution in [3.05, 3.63) is 41.7 Å². The van der Waals surface area contributed by atoms with Crippen LogP contribution in [0.5, 0.6) is 0 Å². The van der Waals surface area contributed by atoms with E-state index in [1.165, 1.54) is 12.1 Å². The molecular weight excluding hydrogens is 245 g/mol. The Labute approximate surface area is 100 Å². The number of alkyl halides is 3. The van der Waals surface area contributed by atoms with E-state index in [1.807, 2.05) is 6.07 Å². The molecule has 0 aliphatic carbocycles. The molecule has 0 bridgehead atoms. The highest BCUT2D eigenvalue weighted by Crippen LogP contribution is 2.30. The monoisotopic (exact) mass is 252 g/mol. The number of aromatic nitrogens is 2. The summed E-state index contributed by atoms with van der Waals surface area (Å²) in [6.07, 6.45) is -2.99. The van der Waals surface area contributed by atoms with Crippen molar-refractivity contribution in [2.24, 2.45) is 0 Å². The Balaban J connectivity index is 2.57. The fourth-order valence-electron chi connectivity index (χ4n) is 1.50. The Hall–Kier alpha value is -2.49. The first-order chi connectivity index (χ1) is 8.43. The molecule has 0 aliphatic rings. The number of nitrogen functional groups attached to an aromatic ring is 1. The van der Waals surface area contributed by atoms with E-state index < -0.39 is 11.7 Å². The number of rotatable bonds is 1. The van der Waals surface area contributed by atoms with Crippen LogP contribution in [0.2, 0.25) is 0 Å². The number of hydrogen-bond donors (Lipinski definition) is 1. The van der Waals surface area contributed by atoms with Crippen LogP contribution in [0, 0.1) is 11.3 Å². The van der Waals surface area contributed by atoms with Gasteiger partial charge in [-0.2, -0.15) is 23.5 Å². The average molecular weight is 252 g/mol. The Kier molecular flexibility index (Phi) is 2.71. The summed E-state index contributed by atoms with van der Waals surface area (Å²) in [7, 11) is 0. The van der Waals surface area contributed by atoms with Crippen LogP contribution in [0.25, 0.3) is 5.69 Å². The maximum atomic E-state index is 12.5. The summed E-state index contributed by atoms with van der Waals surface area (Å²) in [4.78, 5) is 0. The smallest absolute Gasteiger partial charge is 0.397 e. The van der Waals surface area contributed by atoms with Gasteiger partial charge in [-0.3, -0.25) is 0 Å². The van der Waals surface area contributed by atoms with Crippen LogP contribution in [0.1, 0.15) is 11.1 Å². The van der Waals surface area contributed by atoms with E-state index in [2.05, 4.69) is 5.10 Å². The fraction of sp³-hybridized carbons (Fsp3) is 0.0909. The second kappa shape index (κ2) is 4.07. The molecule has 7 heteroatoms. The summed E-state index contributed by atoms with van der Waals surface area (Å²) in [6, 6.07) is 6.36. The van der Waals surface area contributed by atoms with Crippen LogP contribution in [-0.2, 0) is 6.18 Å². The molecule has 0 spiro atoms. The van der Waals surface area contributed by atoms with Crippen molar-refractivity contribution >= 4 is 5.69 Å². The lowest BCUT2D eigenvalue weighted by atomic mass is 10.1. The average Bonchev–Trinajstić information content (AvgIpc) is 2.77. The number of para-hydroxylation sites is 1. The third-order valence-electron chi connectivity index (χ3n) is 2.33. The number of hydrogen-bond acceptors (Lipinski definition) is 3. The van der Waals surface area contributed by atoms with E-state index in [1.54, 1.807) is 6.07 Å². The number of nitrogens with zero attached hydrogens (tertiary/aromatic N) is 3. The molecule has 92 valence electrons. The van der Waals surface area contributed by atoms with Gasteiger partial charge >= 0.3 is 6.18 Å². The summed E-state index contributed by atoms with van der Waals surface area (Å²) in [6.45, 7) is 0. The van der Waals surface area contributed by atoms with Crippen LogP contribution < -0.4 is 5.73 Å². The number of halogens is 3. The minimum absolute atomic E-state index is 0.149. The molecule has 0 saturated heterocycles. The Morgan fingerprint density at radius 3 is 2.61 bits per heavy atom. The van der Waals surface area contributed by atoms with Gasteiger partial charge in [0.15, 0.2) is 0 Å². The van der Waals surface area contributed by atoms with Gasteiger partial charge in [0.25, 0.3) is 0 Å². The summed E-state index contributed by atoms with van der Waals surface area (Å²) in [5.74, 6) is 0. The van der Waals surface area contributed by atoms with Gasteiger partial charge in [-0.1, -0.05) is 6.07 Å². The van der Waals surface area contributed by atoms with Gasteiger partial charge < -0.3 is 5.73 Å². The van der Waals surface area contributed by atoms with Gasteiger partial charge in [0.1, 0.15) is 11.8 Å². The number of nitriles is 1. The van der Waals surface area contributed by atoms with Gasteiger partial charge in [0.05, 0.1) is 23.0 Å². The molecule has 0 unspecified atom stereocenters. The van der Waals surface area contributed by atoms with E-state index in [9.17, 15) is 13.2 Å². The molecule has 18 heavy (non-hydrogen) atoms. The van der Waals surface area contributed by atoms with Crippen molar-refractivity contribution in [1.29, 1.82) is 5.26 Å². The van der Waals surface area contributed by atoms with E-state index in [4.69, 9.17) is 11.0 Å². The molecule has 0 atom stereocenters. The largest absolute Gasteiger partial charge is 0.419 e. The second-order valence-electron chi connectivity index (χ2n) is 3.53. The van der Waals surface area contributed by atoms with E-state index in [0.29, 0.717) is 6.20 Å². The van der Waals surface area contributed by atoms with Crippen molar-refractivity contribution in [1.82, 2.24) is 9.78 Å². The molecule has 2 N–H and O–H groups in total. The number of nitrogens with two attached hydrogens (primary N) is 1. The minimum Gasteiger partial charge on any atom is -0.397 e. The second-order valence-corrected chi connectivity index (χ2v) is 3.53. The highest BCUT2D eigenvalue weighted by molar-refractivity contribution is 5.65. The number of benzene rings is 1. The van der Waals surface area contributed by atoms with Gasteiger partial charge in [0.2, 0.25) is 0 Å². The molecule has 0 amide bonds. The fourth-order valence-corrected chi connectivity index (χ4v) is 1.50. The lowest BCUT2D eigenvalue weighted by molar-refractivity contribution is -0.137. The Morgan fingerprint density at radius 2 is 2.06 bits per heavy atom. The van der Waals surface area contributed by atoms with Crippen LogP contribution in [0.3, 0.4) is 0 Å². The first-order valence-corrected chi connectivity index (χ1v) is 4.84. The molecular formula is C11H7F3N4. The van der Waals surface area contributed by atoms with Crippen LogP contribution >= 0.6 is 0 Å². The summed E-state index contributed by atoms with van der Waals surface area (Å²) in [5, 5.41) is 12.5. The molecule has 0 fully saturated rings. The first kappa shape index (κ1) is 12.0. The highest BCUT2D eigenvalue weighted by Gasteiger charge is 2.32. The maximum absolute atomic E-state index is 12.5. The Bertz CT molecular complexity index is 622. The van der Waals surface area contributed by atoms with E-state index >= 15 is 0 Å². The lowest BCUT2D eigenvalue weighted by Crippen LogP contribution is -2.05. The van der Waals surface area contributed by atoms with Crippen LogP contribution in [0.4, 0.5) is 18.9 Å². The van der Waals surface area contributed by atoms with Gasteiger partial charge in [-0.25, -0.2) is 4.68 Å². The summed E-state index contributed by atoms with van der Waals surface area (Å²) in [5.41, 5.74) is 5.25. The standard InChI is InChI=1S/C11H7F3N4/c12-11(13,14)8-5-17-18(6-8)10-7(4-15)2-1-3-9(10)16/h1-3,5-6H,16H2. The normalized spacial score (nSPS) is 11.2. The van der Waals surface area contributed by atoms with Gasteiger partial charge in [-0.15, -0.1) is 0 Å². The lowest BCUT2D eigenvalue weighted by Gasteiger charge is -2.07. The predicted octanol–water partition coefficient (Wildman–Crippen LogP) is 2.34. The molecule has 0 aliphatic heterocycles.